The van der Waals surface area contributed by atoms with Crippen LogP contribution in [0, 0.1) is 0 Å². The summed E-state index contributed by atoms with van der Waals surface area (Å²) in [6.45, 7) is 0.539. The standard InChI is InChI=1S/C21H19N3O2/c1-23(2)20(25)18-12-17(14-8-4-3-5-9-14)21(26)24-19(18)16-11-7-6-10-15(16)13-22-24/h3-12,22H,13H2,1-2H3. The molecule has 26 heavy (non-hydrogen) atoms. The van der Waals surface area contributed by atoms with E-state index in [4.69, 9.17) is 0 Å². The summed E-state index contributed by atoms with van der Waals surface area (Å²) < 4.78 is 1.52. The maximum Gasteiger partial charge on any atom is 0.277 e. The number of aromatic nitrogens is 1. The van der Waals surface area contributed by atoms with Gasteiger partial charge in [0.05, 0.1) is 17.8 Å². The minimum atomic E-state index is -0.156. The molecule has 0 aliphatic carbocycles. The van der Waals surface area contributed by atoms with Gasteiger partial charge in [-0.2, -0.15) is 0 Å². The maximum absolute atomic E-state index is 13.1. The molecule has 0 fully saturated rings. The molecule has 0 saturated carbocycles. The smallest absolute Gasteiger partial charge is 0.277 e. The summed E-state index contributed by atoms with van der Waals surface area (Å²) in [5.41, 5.74) is 7.41. The second kappa shape index (κ2) is 6.19. The number of rotatable bonds is 2. The van der Waals surface area contributed by atoms with Crippen molar-refractivity contribution in [3.05, 3.63) is 82.1 Å². The summed E-state index contributed by atoms with van der Waals surface area (Å²) in [4.78, 5) is 27.6. The van der Waals surface area contributed by atoms with Gasteiger partial charge in [-0.1, -0.05) is 54.6 Å². The van der Waals surface area contributed by atoms with Crippen LogP contribution in [0.1, 0.15) is 15.9 Å². The van der Waals surface area contributed by atoms with Crippen LogP contribution in [-0.2, 0) is 6.54 Å². The normalized spacial score (nSPS) is 11.9. The Morgan fingerprint density at radius 3 is 2.42 bits per heavy atom. The molecule has 0 unspecified atom stereocenters. The quantitative estimate of drug-likeness (QED) is 0.777. The Morgan fingerprint density at radius 1 is 1.00 bits per heavy atom. The molecule has 2 heterocycles. The molecule has 1 aromatic heterocycles. The van der Waals surface area contributed by atoms with Crippen LogP contribution in [0.2, 0.25) is 0 Å². The molecule has 0 bridgehead atoms. The number of carbonyl (C=O) groups excluding carboxylic acids is 1. The summed E-state index contributed by atoms with van der Waals surface area (Å²) in [6.07, 6.45) is 0. The molecule has 2 aromatic carbocycles. The minimum absolute atomic E-state index is 0.135. The molecule has 0 saturated heterocycles. The van der Waals surface area contributed by atoms with E-state index in [2.05, 4.69) is 5.43 Å². The Bertz CT molecular complexity index is 1050. The highest BCUT2D eigenvalue weighted by molar-refractivity contribution is 6.01. The predicted octanol–water partition coefficient (Wildman–Crippen LogP) is 2.94. The van der Waals surface area contributed by atoms with E-state index in [-0.39, 0.29) is 11.5 Å². The van der Waals surface area contributed by atoms with Crippen molar-refractivity contribution in [2.45, 2.75) is 6.54 Å². The van der Waals surface area contributed by atoms with E-state index in [1.54, 1.807) is 20.2 Å². The highest BCUT2D eigenvalue weighted by Gasteiger charge is 2.26. The lowest BCUT2D eigenvalue weighted by Gasteiger charge is -2.27. The zero-order valence-corrected chi connectivity index (χ0v) is 14.7. The monoisotopic (exact) mass is 345 g/mol. The van der Waals surface area contributed by atoms with Crippen LogP contribution < -0.4 is 11.0 Å². The molecule has 1 N–H and O–H groups in total. The SMILES string of the molecule is CN(C)C(=O)c1cc(-c2ccccc2)c(=O)n2c1-c1ccccc1CN2. The number of pyridine rings is 1. The van der Waals surface area contributed by atoms with Crippen LogP contribution in [0.5, 0.6) is 0 Å². The third-order valence-corrected chi connectivity index (χ3v) is 4.62. The minimum Gasteiger partial charge on any atom is -0.345 e. The van der Waals surface area contributed by atoms with Crippen molar-refractivity contribution in [1.29, 1.82) is 0 Å². The number of benzene rings is 2. The van der Waals surface area contributed by atoms with Crippen LogP contribution in [0.15, 0.2) is 65.5 Å². The molecule has 3 aromatic rings. The second-order valence-corrected chi connectivity index (χ2v) is 6.52. The molecule has 0 radical (unpaired) electrons. The first-order chi connectivity index (χ1) is 12.6. The summed E-state index contributed by atoms with van der Waals surface area (Å²) in [5, 5.41) is 0. The van der Waals surface area contributed by atoms with Crippen molar-refractivity contribution in [2.24, 2.45) is 0 Å². The molecule has 5 heteroatoms. The third-order valence-electron chi connectivity index (χ3n) is 4.62. The maximum atomic E-state index is 13.1. The van der Waals surface area contributed by atoms with E-state index >= 15 is 0 Å². The third kappa shape index (κ3) is 2.49. The van der Waals surface area contributed by atoms with Crippen LogP contribution in [0.4, 0.5) is 0 Å². The molecule has 0 spiro atoms. The summed E-state index contributed by atoms with van der Waals surface area (Å²) in [7, 11) is 3.43. The van der Waals surface area contributed by atoms with Gasteiger partial charge in [0.25, 0.3) is 11.5 Å². The van der Waals surface area contributed by atoms with E-state index in [0.717, 1.165) is 16.7 Å². The lowest BCUT2D eigenvalue weighted by Crippen LogP contribution is -2.37. The van der Waals surface area contributed by atoms with E-state index in [1.165, 1.54) is 9.58 Å². The van der Waals surface area contributed by atoms with Crippen LogP contribution in [0.25, 0.3) is 22.4 Å². The highest BCUT2D eigenvalue weighted by Crippen LogP contribution is 2.31. The van der Waals surface area contributed by atoms with Crippen molar-refractivity contribution < 1.29 is 4.79 Å². The van der Waals surface area contributed by atoms with Crippen molar-refractivity contribution >= 4 is 5.91 Å². The van der Waals surface area contributed by atoms with Crippen molar-refractivity contribution in [3.8, 4) is 22.4 Å². The van der Waals surface area contributed by atoms with Crippen LogP contribution >= 0.6 is 0 Å². The first-order valence-electron chi connectivity index (χ1n) is 8.47. The average Bonchev–Trinajstić information content (AvgIpc) is 2.68. The molecule has 5 nitrogen and oxygen atoms in total. The first-order valence-corrected chi connectivity index (χ1v) is 8.47. The van der Waals surface area contributed by atoms with E-state index in [1.807, 2.05) is 54.6 Å². The van der Waals surface area contributed by atoms with Crippen molar-refractivity contribution in [3.63, 3.8) is 0 Å². The Hall–Kier alpha value is -3.34. The molecule has 1 aliphatic rings. The van der Waals surface area contributed by atoms with Gasteiger partial charge in [-0.15, -0.1) is 0 Å². The molecule has 130 valence electrons. The molecule has 0 atom stereocenters. The van der Waals surface area contributed by atoms with Gasteiger partial charge in [0.2, 0.25) is 0 Å². The lowest BCUT2D eigenvalue weighted by atomic mass is 9.95. The number of nitrogens with one attached hydrogen (secondary N) is 1. The Kier molecular flexibility index (Phi) is 3.84. The topological polar surface area (TPSA) is 54.3 Å². The van der Waals surface area contributed by atoms with Gasteiger partial charge in [0, 0.05) is 25.2 Å². The number of hydrogen-bond donors (Lipinski definition) is 1. The number of nitrogens with zero attached hydrogens (tertiary/aromatic N) is 2. The number of carbonyl (C=O) groups is 1. The van der Waals surface area contributed by atoms with Crippen molar-refractivity contribution in [2.75, 3.05) is 19.5 Å². The fourth-order valence-electron chi connectivity index (χ4n) is 3.33. The number of hydrogen-bond acceptors (Lipinski definition) is 3. The van der Waals surface area contributed by atoms with Crippen LogP contribution in [-0.4, -0.2) is 29.6 Å². The van der Waals surface area contributed by atoms with Crippen molar-refractivity contribution in [1.82, 2.24) is 9.58 Å². The van der Waals surface area contributed by atoms with Gasteiger partial charge in [-0.05, 0) is 17.2 Å². The largest absolute Gasteiger partial charge is 0.345 e. The van der Waals surface area contributed by atoms with E-state index in [9.17, 15) is 9.59 Å². The first kappa shape index (κ1) is 16.1. The van der Waals surface area contributed by atoms with E-state index < -0.39 is 0 Å². The zero-order chi connectivity index (χ0) is 18.3. The van der Waals surface area contributed by atoms with Gasteiger partial charge in [0.1, 0.15) is 0 Å². The summed E-state index contributed by atoms with van der Waals surface area (Å²) in [5.74, 6) is -0.135. The zero-order valence-electron chi connectivity index (χ0n) is 14.7. The van der Waals surface area contributed by atoms with Gasteiger partial charge >= 0.3 is 0 Å². The molecular weight excluding hydrogens is 326 g/mol. The van der Waals surface area contributed by atoms with Gasteiger partial charge in [-0.25, -0.2) is 4.68 Å². The average molecular weight is 345 g/mol. The summed E-state index contributed by atoms with van der Waals surface area (Å²) >= 11 is 0. The predicted molar refractivity (Wildman–Crippen MR) is 103 cm³/mol. The molecular formula is C21H19N3O2. The highest BCUT2D eigenvalue weighted by atomic mass is 16.2. The summed E-state index contributed by atoms with van der Waals surface area (Å²) in [6, 6.07) is 19.0. The molecule has 1 amide bonds. The Labute approximate surface area is 151 Å². The fraction of sp³-hybridized carbons (Fsp3) is 0.143. The fourth-order valence-corrected chi connectivity index (χ4v) is 3.33. The van der Waals surface area contributed by atoms with E-state index in [0.29, 0.717) is 23.4 Å². The second-order valence-electron chi connectivity index (χ2n) is 6.52. The molecule has 4 rings (SSSR count). The van der Waals surface area contributed by atoms with Crippen LogP contribution in [0.3, 0.4) is 0 Å². The number of amides is 1. The van der Waals surface area contributed by atoms with Gasteiger partial charge in [-0.3, -0.25) is 9.59 Å². The number of fused-ring (bicyclic) bond motifs is 3. The lowest BCUT2D eigenvalue weighted by molar-refractivity contribution is 0.0827. The Balaban J connectivity index is 2.07. The Morgan fingerprint density at radius 2 is 1.69 bits per heavy atom. The van der Waals surface area contributed by atoms with Gasteiger partial charge in [0.15, 0.2) is 0 Å². The van der Waals surface area contributed by atoms with Gasteiger partial charge < -0.3 is 10.3 Å². The molecule has 1 aliphatic heterocycles.